The van der Waals surface area contributed by atoms with Crippen LogP contribution in [-0.2, 0) is 16.0 Å². The van der Waals surface area contributed by atoms with E-state index in [0.29, 0.717) is 47.6 Å². The molecule has 0 aliphatic carbocycles. The molecule has 220 valence electrons. The summed E-state index contributed by atoms with van der Waals surface area (Å²) in [7, 11) is 1.71. The Morgan fingerprint density at radius 2 is 1.90 bits per heavy atom. The van der Waals surface area contributed by atoms with Crippen LogP contribution in [0.25, 0.3) is 10.9 Å². The first kappa shape index (κ1) is 30.4. The fourth-order valence-electron chi connectivity index (χ4n) is 4.39. The number of aromatic nitrogens is 2. The quantitative estimate of drug-likeness (QED) is 0.210. The first-order chi connectivity index (χ1) is 20.0. The average Bonchev–Trinajstić information content (AvgIpc) is 3.50. The first-order valence-corrected chi connectivity index (χ1v) is 14.4. The van der Waals surface area contributed by atoms with Crippen LogP contribution in [0.15, 0.2) is 63.3 Å². The van der Waals surface area contributed by atoms with E-state index in [1.54, 1.807) is 63.2 Å². The minimum absolute atomic E-state index is 0.0789. The molecule has 4 rings (SSSR count). The maximum absolute atomic E-state index is 13.2. The molecule has 0 aliphatic rings. The summed E-state index contributed by atoms with van der Waals surface area (Å²) in [5.74, 6) is -0.613. The van der Waals surface area contributed by atoms with Crippen LogP contribution in [0.5, 0.6) is 0 Å². The van der Waals surface area contributed by atoms with E-state index in [1.165, 1.54) is 11.3 Å². The fraction of sp³-hybridized carbons (Fsp3) is 0.333. The lowest BCUT2D eigenvalue weighted by Crippen LogP contribution is -2.49. The van der Waals surface area contributed by atoms with Crippen molar-refractivity contribution in [3.05, 3.63) is 80.6 Å². The SMILES string of the molecule is Cc1c(NC(=O)CCCNC(=O)c2cccs2)ccc2nc(NC(C)(C)C(=O)N(C)CCc3ccccn3)oc(=O)c12. The van der Waals surface area contributed by atoms with Gasteiger partial charge >= 0.3 is 5.63 Å². The number of hydrogen-bond donors (Lipinski definition) is 3. The number of likely N-dealkylation sites (N-methyl/N-ethyl adjacent to an activating group) is 1. The minimum Gasteiger partial charge on any atom is -0.389 e. The number of hydrogen-bond acceptors (Lipinski definition) is 9. The van der Waals surface area contributed by atoms with Crippen molar-refractivity contribution in [3.8, 4) is 0 Å². The number of aryl methyl sites for hydroxylation is 1. The Labute approximate surface area is 247 Å². The third-order valence-electron chi connectivity index (χ3n) is 6.67. The monoisotopic (exact) mass is 590 g/mol. The summed E-state index contributed by atoms with van der Waals surface area (Å²) in [6.45, 7) is 5.91. The van der Waals surface area contributed by atoms with Crippen LogP contribution in [0.1, 0.15) is 47.6 Å². The van der Waals surface area contributed by atoms with E-state index < -0.39 is 11.2 Å². The van der Waals surface area contributed by atoms with Crippen LogP contribution in [0, 0.1) is 6.92 Å². The molecule has 0 saturated carbocycles. The minimum atomic E-state index is -1.11. The van der Waals surface area contributed by atoms with Crippen LogP contribution in [0.3, 0.4) is 0 Å². The lowest BCUT2D eigenvalue weighted by molar-refractivity contribution is -0.133. The predicted octanol–water partition coefficient (Wildman–Crippen LogP) is 3.99. The van der Waals surface area contributed by atoms with Crippen LogP contribution in [-0.4, -0.2) is 58.3 Å². The Morgan fingerprint density at radius 3 is 2.62 bits per heavy atom. The fourth-order valence-corrected chi connectivity index (χ4v) is 5.03. The van der Waals surface area contributed by atoms with Crippen molar-refractivity contribution in [3.63, 3.8) is 0 Å². The number of anilines is 2. The van der Waals surface area contributed by atoms with Crippen molar-refractivity contribution in [2.75, 3.05) is 30.8 Å². The molecule has 0 saturated heterocycles. The first-order valence-electron chi connectivity index (χ1n) is 13.5. The summed E-state index contributed by atoms with van der Waals surface area (Å²) in [5.41, 5.74) is 0.488. The van der Waals surface area contributed by atoms with E-state index in [1.807, 2.05) is 23.6 Å². The van der Waals surface area contributed by atoms with Crippen molar-refractivity contribution >= 4 is 51.7 Å². The van der Waals surface area contributed by atoms with E-state index >= 15 is 0 Å². The Kier molecular flexibility index (Phi) is 9.68. The summed E-state index contributed by atoms with van der Waals surface area (Å²) >= 11 is 1.35. The number of thiophene rings is 1. The molecule has 3 heterocycles. The van der Waals surface area contributed by atoms with Crippen LogP contribution >= 0.6 is 11.3 Å². The Hall–Kier alpha value is -4.58. The molecule has 0 aliphatic heterocycles. The molecule has 4 aromatic rings. The summed E-state index contributed by atoms with van der Waals surface area (Å²) in [5, 5.41) is 10.6. The molecule has 1 aromatic carbocycles. The highest BCUT2D eigenvalue weighted by atomic mass is 32.1. The predicted molar refractivity (Wildman–Crippen MR) is 163 cm³/mol. The normalized spacial score (nSPS) is 11.2. The molecule has 0 atom stereocenters. The number of carbonyl (C=O) groups is 3. The Bertz CT molecular complexity index is 1620. The standard InChI is InChI=1S/C30H34N6O5S/c1-19-21(33-24(37)11-7-16-32-26(38)23-10-8-18-42-23)12-13-22-25(19)27(39)41-29(34-22)35-30(2,3)28(40)36(4)17-14-20-9-5-6-15-31-20/h5-6,8-10,12-13,15,18H,7,11,14,16-17H2,1-4H3,(H,32,38)(H,33,37)(H,34,35). The Balaban J connectivity index is 1.36. The number of pyridine rings is 1. The van der Waals surface area contributed by atoms with Gasteiger partial charge in [-0.05, 0) is 68.5 Å². The van der Waals surface area contributed by atoms with E-state index in [-0.39, 0.29) is 35.5 Å². The number of rotatable bonds is 12. The summed E-state index contributed by atoms with van der Waals surface area (Å²) in [4.78, 5) is 61.6. The molecule has 0 radical (unpaired) electrons. The highest BCUT2D eigenvalue weighted by molar-refractivity contribution is 7.12. The third-order valence-corrected chi connectivity index (χ3v) is 7.54. The van der Waals surface area contributed by atoms with Gasteiger partial charge in [-0.1, -0.05) is 12.1 Å². The maximum Gasteiger partial charge on any atom is 0.348 e. The second-order valence-electron chi connectivity index (χ2n) is 10.4. The van der Waals surface area contributed by atoms with Gasteiger partial charge in [-0.3, -0.25) is 19.4 Å². The number of benzene rings is 1. The van der Waals surface area contributed by atoms with Gasteiger partial charge in [0.15, 0.2) is 0 Å². The number of carbonyl (C=O) groups excluding carboxylic acids is 3. The average molecular weight is 591 g/mol. The molecule has 3 amide bonds. The van der Waals surface area contributed by atoms with Gasteiger partial charge in [0.05, 0.1) is 15.8 Å². The van der Waals surface area contributed by atoms with Crippen molar-refractivity contribution in [2.45, 2.75) is 45.6 Å². The topological polar surface area (TPSA) is 147 Å². The summed E-state index contributed by atoms with van der Waals surface area (Å²) in [6, 6.07) is 12.4. The van der Waals surface area contributed by atoms with Crippen molar-refractivity contribution in [1.82, 2.24) is 20.2 Å². The summed E-state index contributed by atoms with van der Waals surface area (Å²) in [6.07, 6.45) is 2.97. The van der Waals surface area contributed by atoms with Gasteiger partial charge in [0.2, 0.25) is 11.8 Å². The van der Waals surface area contributed by atoms with Gasteiger partial charge in [0.25, 0.3) is 11.9 Å². The lowest BCUT2D eigenvalue weighted by Gasteiger charge is -2.30. The molecule has 11 nitrogen and oxygen atoms in total. The smallest absolute Gasteiger partial charge is 0.348 e. The second kappa shape index (κ2) is 13.4. The zero-order valence-electron chi connectivity index (χ0n) is 24.0. The van der Waals surface area contributed by atoms with E-state index in [0.717, 1.165) is 5.69 Å². The molecule has 3 N–H and O–H groups in total. The Morgan fingerprint density at radius 1 is 1.10 bits per heavy atom. The number of amides is 3. The highest BCUT2D eigenvalue weighted by Gasteiger charge is 2.32. The number of nitrogens with one attached hydrogen (secondary N) is 3. The molecular weight excluding hydrogens is 556 g/mol. The van der Waals surface area contributed by atoms with Crippen LogP contribution in [0.4, 0.5) is 11.7 Å². The molecule has 12 heteroatoms. The van der Waals surface area contributed by atoms with Gasteiger partial charge in [-0.15, -0.1) is 11.3 Å². The largest absolute Gasteiger partial charge is 0.389 e. The van der Waals surface area contributed by atoms with Crippen molar-refractivity contribution in [2.24, 2.45) is 0 Å². The molecule has 0 unspecified atom stereocenters. The van der Waals surface area contributed by atoms with Crippen molar-refractivity contribution < 1.29 is 18.8 Å². The third kappa shape index (κ3) is 7.58. The maximum atomic E-state index is 13.2. The lowest BCUT2D eigenvalue weighted by atomic mass is 10.0. The van der Waals surface area contributed by atoms with E-state index in [4.69, 9.17) is 4.42 Å². The molecule has 0 spiro atoms. The van der Waals surface area contributed by atoms with Gasteiger partial charge < -0.3 is 25.3 Å². The van der Waals surface area contributed by atoms with Crippen molar-refractivity contribution in [1.29, 1.82) is 0 Å². The van der Waals surface area contributed by atoms with Gasteiger partial charge in [0, 0.05) is 50.6 Å². The second-order valence-corrected chi connectivity index (χ2v) is 11.3. The van der Waals surface area contributed by atoms with Gasteiger partial charge in [0.1, 0.15) is 5.54 Å². The summed E-state index contributed by atoms with van der Waals surface area (Å²) < 4.78 is 5.45. The van der Waals surface area contributed by atoms with Gasteiger partial charge in [-0.2, -0.15) is 4.98 Å². The molecule has 0 bridgehead atoms. The molecule has 3 aromatic heterocycles. The van der Waals surface area contributed by atoms with Crippen LogP contribution < -0.4 is 21.6 Å². The van der Waals surface area contributed by atoms with Gasteiger partial charge in [-0.25, -0.2) is 4.79 Å². The molecule has 0 fully saturated rings. The highest BCUT2D eigenvalue weighted by Crippen LogP contribution is 2.24. The van der Waals surface area contributed by atoms with Crippen LogP contribution in [0.2, 0.25) is 0 Å². The van der Waals surface area contributed by atoms with E-state index in [9.17, 15) is 19.2 Å². The number of nitrogens with zero attached hydrogens (tertiary/aromatic N) is 3. The molecular formula is C30H34N6O5S. The number of fused-ring (bicyclic) bond motifs is 1. The zero-order valence-corrected chi connectivity index (χ0v) is 24.8. The molecule has 42 heavy (non-hydrogen) atoms. The van der Waals surface area contributed by atoms with E-state index in [2.05, 4.69) is 25.9 Å². The zero-order chi connectivity index (χ0) is 30.3.